The van der Waals surface area contributed by atoms with Crippen molar-refractivity contribution in [3.8, 4) is 5.75 Å². The van der Waals surface area contributed by atoms with Gasteiger partial charge in [-0.25, -0.2) is 0 Å². The molecule has 0 radical (unpaired) electrons. The van der Waals surface area contributed by atoms with Crippen molar-refractivity contribution in [2.24, 2.45) is 5.92 Å². The first kappa shape index (κ1) is 21.5. The van der Waals surface area contributed by atoms with Crippen molar-refractivity contribution in [1.82, 2.24) is 0 Å². The van der Waals surface area contributed by atoms with Crippen molar-refractivity contribution < 1.29 is 19.0 Å². The van der Waals surface area contributed by atoms with Crippen LogP contribution >= 0.6 is 0 Å². The Morgan fingerprint density at radius 1 is 1.12 bits per heavy atom. The first-order valence-electron chi connectivity index (χ1n) is 9.17. The molecule has 1 N–H and O–H groups in total. The Hall–Kier alpha value is -1.59. The summed E-state index contributed by atoms with van der Waals surface area (Å²) in [7, 11) is 0. The minimum Gasteiger partial charge on any atom is -0.491 e. The van der Waals surface area contributed by atoms with E-state index in [0.717, 1.165) is 17.9 Å². The molecule has 25 heavy (non-hydrogen) atoms. The van der Waals surface area contributed by atoms with Gasteiger partial charge in [0.2, 0.25) is 0 Å². The van der Waals surface area contributed by atoms with E-state index in [1.165, 1.54) is 0 Å². The zero-order chi connectivity index (χ0) is 18.7. The Kier molecular flexibility index (Phi) is 9.53. The van der Waals surface area contributed by atoms with Crippen LogP contribution in [0.3, 0.4) is 0 Å². The zero-order valence-corrected chi connectivity index (χ0v) is 16.3. The normalized spacial score (nSPS) is 13.5. The van der Waals surface area contributed by atoms with Gasteiger partial charge in [-0.15, -0.1) is 0 Å². The number of nitrogens with one attached hydrogen (secondary N) is 1. The predicted molar refractivity (Wildman–Crippen MR) is 101 cm³/mol. The van der Waals surface area contributed by atoms with Gasteiger partial charge in [0.15, 0.2) is 0 Å². The van der Waals surface area contributed by atoms with Crippen LogP contribution in [0.25, 0.3) is 0 Å². The maximum absolute atomic E-state index is 12.7. The third-order valence-electron chi connectivity index (χ3n) is 3.72. The summed E-state index contributed by atoms with van der Waals surface area (Å²) in [5.74, 6) is 1.01. The van der Waals surface area contributed by atoms with Crippen molar-refractivity contribution in [2.45, 2.75) is 53.1 Å². The fourth-order valence-electron chi connectivity index (χ4n) is 2.58. The summed E-state index contributed by atoms with van der Waals surface area (Å²) in [5, 5.41) is 2.96. The van der Waals surface area contributed by atoms with Gasteiger partial charge in [0.1, 0.15) is 18.0 Å². The van der Waals surface area contributed by atoms with Crippen LogP contribution in [0.4, 0.5) is 5.69 Å². The second kappa shape index (κ2) is 11.1. The van der Waals surface area contributed by atoms with Crippen LogP contribution in [-0.4, -0.2) is 37.9 Å². The summed E-state index contributed by atoms with van der Waals surface area (Å²) in [6, 6.07) is 7.36. The summed E-state index contributed by atoms with van der Waals surface area (Å²) in [6.07, 6.45) is 1.56. The molecule has 0 saturated heterocycles. The van der Waals surface area contributed by atoms with Gasteiger partial charge in [-0.3, -0.25) is 4.79 Å². The molecule has 0 aliphatic carbocycles. The van der Waals surface area contributed by atoms with Crippen molar-refractivity contribution in [1.29, 1.82) is 0 Å². The molecule has 1 amide bonds. The Morgan fingerprint density at radius 2 is 1.80 bits per heavy atom. The molecular formula is C20H33NO4. The molecule has 0 fully saturated rings. The number of amides is 1. The molecule has 1 atom stereocenters. The van der Waals surface area contributed by atoms with Crippen molar-refractivity contribution in [2.75, 3.05) is 31.7 Å². The summed E-state index contributed by atoms with van der Waals surface area (Å²) < 4.78 is 16.7. The average molecular weight is 351 g/mol. The van der Waals surface area contributed by atoms with Crippen molar-refractivity contribution in [3.05, 3.63) is 24.3 Å². The van der Waals surface area contributed by atoms with E-state index in [0.29, 0.717) is 38.8 Å². The molecule has 0 heterocycles. The fraction of sp³-hybridized carbons (Fsp3) is 0.650. The number of carbonyl (C=O) groups excluding carboxylic acids is 1. The molecule has 5 nitrogen and oxygen atoms in total. The minimum absolute atomic E-state index is 0.111. The smallest absolute Gasteiger partial charge is 0.256 e. The number of rotatable bonds is 12. The van der Waals surface area contributed by atoms with Crippen molar-refractivity contribution in [3.63, 3.8) is 0 Å². The highest BCUT2D eigenvalue weighted by atomic mass is 16.5. The lowest BCUT2D eigenvalue weighted by atomic mass is 9.93. The predicted octanol–water partition coefficient (Wildman–Crippen LogP) is 4.27. The van der Waals surface area contributed by atoms with Crippen LogP contribution < -0.4 is 10.1 Å². The Labute approximate surface area is 152 Å². The molecule has 1 aromatic carbocycles. The van der Waals surface area contributed by atoms with E-state index >= 15 is 0 Å². The number of hydrogen-bond donors (Lipinski definition) is 1. The van der Waals surface area contributed by atoms with Gasteiger partial charge in [0.25, 0.3) is 5.91 Å². The van der Waals surface area contributed by atoms with Gasteiger partial charge < -0.3 is 19.5 Å². The summed E-state index contributed by atoms with van der Waals surface area (Å²) >= 11 is 0. The van der Waals surface area contributed by atoms with Crippen LogP contribution in [0.1, 0.15) is 47.5 Å². The van der Waals surface area contributed by atoms with E-state index in [-0.39, 0.29) is 5.91 Å². The van der Waals surface area contributed by atoms with Gasteiger partial charge in [-0.1, -0.05) is 20.8 Å². The summed E-state index contributed by atoms with van der Waals surface area (Å²) in [5.41, 5.74) is -0.0890. The fourth-order valence-corrected chi connectivity index (χ4v) is 2.58. The van der Waals surface area contributed by atoms with Crippen LogP contribution in [0.2, 0.25) is 0 Å². The van der Waals surface area contributed by atoms with Gasteiger partial charge in [0.05, 0.1) is 6.61 Å². The van der Waals surface area contributed by atoms with Gasteiger partial charge >= 0.3 is 0 Å². The SMILES string of the molecule is CCCO[C@](C)(CC(C)C)C(=O)Nc1ccc(OCCOCC)cc1. The van der Waals surface area contributed by atoms with Crippen molar-refractivity contribution >= 4 is 11.6 Å². The first-order chi connectivity index (χ1) is 11.9. The van der Waals surface area contributed by atoms with Gasteiger partial charge in [-0.2, -0.15) is 0 Å². The number of hydrogen-bond acceptors (Lipinski definition) is 4. The van der Waals surface area contributed by atoms with Gasteiger partial charge in [0, 0.05) is 18.9 Å². The third kappa shape index (κ3) is 7.88. The van der Waals surface area contributed by atoms with E-state index in [1.54, 1.807) is 0 Å². The quantitative estimate of drug-likeness (QED) is 0.571. The highest BCUT2D eigenvalue weighted by Crippen LogP contribution is 2.24. The lowest BCUT2D eigenvalue weighted by molar-refractivity contribution is -0.141. The van der Waals surface area contributed by atoms with Gasteiger partial charge in [-0.05, 0) is 56.9 Å². The zero-order valence-electron chi connectivity index (χ0n) is 16.3. The second-order valence-electron chi connectivity index (χ2n) is 6.70. The molecule has 0 aromatic heterocycles. The molecule has 0 saturated carbocycles. The average Bonchev–Trinajstić information content (AvgIpc) is 2.57. The lowest BCUT2D eigenvalue weighted by Crippen LogP contribution is -2.44. The lowest BCUT2D eigenvalue weighted by Gasteiger charge is -2.30. The highest BCUT2D eigenvalue weighted by Gasteiger charge is 2.34. The Morgan fingerprint density at radius 3 is 2.36 bits per heavy atom. The molecule has 1 rings (SSSR count). The third-order valence-corrected chi connectivity index (χ3v) is 3.72. The Balaban J connectivity index is 2.63. The van der Waals surface area contributed by atoms with E-state index in [2.05, 4.69) is 19.2 Å². The summed E-state index contributed by atoms with van der Waals surface area (Å²) in [4.78, 5) is 12.7. The monoisotopic (exact) mass is 351 g/mol. The maximum atomic E-state index is 12.7. The van der Waals surface area contributed by atoms with Crippen LogP contribution in [0.5, 0.6) is 5.75 Å². The number of carbonyl (C=O) groups is 1. The molecule has 142 valence electrons. The van der Waals surface area contributed by atoms with E-state index in [9.17, 15) is 4.79 Å². The number of benzene rings is 1. The topological polar surface area (TPSA) is 56.8 Å². The first-order valence-corrected chi connectivity index (χ1v) is 9.17. The molecular weight excluding hydrogens is 318 g/mol. The van der Waals surface area contributed by atoms with Crippen LogP contribution in [0.15, 0.2) is 24.3 Å². The molecule has 0 bridgehead atoms. The largest absolute Gasteiger partial charge is 0.491 e. The minimum atomic E-state index is -0.823. The second-order valence-corrected chi connectivity index (χ2v) is 6.70. The van der Waals surface area contributed by atoms with E-state index < -0.39 is 5.60 Å². The highest BCUT2D eigenvalue weighted by molar-refractivity contribution is 5.97. The molecule has 5 heteroatoms. The Bertz CT molecular complexity index is 501. The molecule has 1 aromatic rings. The number of ether oxygens (including phenoxy) is 3. The molecule has 0 aliphatic rings. The maximum Gasteiger partial charge on any atom is 0.256 e. The number of anilines is 1. The van der Waals surface area contributed by atoms with Crippen LogP contribution in [-0.2, 0) is 14.3 Å². The standard InChI is InChI=1S/C20H33NO4/c1-6-12-25-20(5,15-16(3)4)19(22)21-17-8-10-18(11-9-17)24-14-13-23-7-2/h8-11,16H,6-7,12-15H2,1-5H3,(H,21,22)/t20-/m1/s1. The van der Waals surface area contributed by atoms with E-state index in [4.69, 9.17) is 14.2 Å². The van der Waals surface area contributed by atoms with E-state index in [1.807, 2.05) is 45.0 Å². The molecule has 0 unspecified atom stereocenters. The summed E-state index contributed by atoms with van der Waals surface area (Å²) in [6.45, 7) is 12.4. The molecule has 0 spiro atoms. The molecule has 0 aliphatic heterocycles. The van der Waals surface area contributed by atoms with Crippen LogP contribution in [0, 0.1) is 5.92 Å².